The number of fused-ring (bicyclic) bond motifs is 8. The molecule has 0 unspecified atom stereocenters. The smallest absolute Gasteiger partial charge is 0.300 e. The van der Waals surface area contributed by atoms with Gasteiger partial charge in [0, 0.05) is 21.2 Å². The Balaban J connectivity index is 1.68. The molecule has 0 spiro atoms. The number of methoxy groups -OCH3 is 2. The monoisotopic (exact) mass is 534 g/mol. The maximum atomic E-state index is 13.8. The Morgan fingerprint density at radius 3 is 2.49 bits per heavy atom. The molecule has 0 saturated heterocycles. The first-order chi connectivity index (χ1) is 16.9. The van der Waals surface area contributed by atoms with Crippen molar-refractivity contribution >= 4 is 27.5 Å². The summed E-state index contributed by atoms with van der Waals surface area (Å²) in [6.07, 6.45) is -0.715. The summed E-state index contributed by atoms with van der Waals surface area (Å²) in [7, 11) is 2.98. The summed E-state index contributed by atoms with van der Waals surface area (Å²) in [6.45, 7) is 0. The fraction of sp³-hybridized carbons (Fsp3) is 0.120. The van der Waals surface area contributed by atoms with Crippen LogP contribution in [0.4, 0.5) is 10.1 Å². The molecule has 1 atom stereocenters. The van der Waals surface area contributed by atoms with E-state index >= 15 is 0 Å². The van der Waals surface area contributed by atoms with E-state index in [1.54, 1.807) is 33.8 Å². The van der Waals surface area contributed by atoms with Gasteiger partial charge in [0.25, 0.3) is 11.5 Å². The van der Waals surface area contributed by atoms with Crippen molar-refractivity contribution in [3.63, 3.8) is 0 Å². The van der Waals surface area contributed by atoms with E-state index in [0.29, 0.717) is 45.3 Å². The average Bonchev–Trinajstić information content (AvgIpc) is 3.16. The van der Waals surface area contributed by atoms with Crippen LogP contribution in [0, 0.1) is 5.82 Å². The van der Waals surface area contributed by atoms with E-state index < -0.39 is 17.5 Å². The third-order valence-corrected chi connectivity index (χ3v) is 6.67. The highest BCUT2D eigenvalue weighted by molar-refractivity contribution is 9.10. The van der Waals surface area contributed by atoms with Gasteiger partial charge >= 0.3 is 0 Å². The van der Waals surface area contributed by atoms with E-state index in [0.717, 1.165) is 4.47 Å². The van der Waals surface area contributed by atoms with Crippen LogP contribution >= 0.6 is 15.9 Å². The predicted octanol–water partition coefficient (Wildman–Crippen LogP) is 4.41. The number of rotatable bonds is 3. The van der Waals surface area contributed by atoms with Crippen molar-refractivity contribution in [2.45, 2.75) is 6.17 Å². The number of aromatic nitrogens is 3. The van der Waals surface area contributed by atoms with Crippen LogP contribution in [0.2, 0.25) is 0 Å². The lowest BCUT2D eigenvalue weighted by Crippen LogP contribution is -2.39. The van der Waals surface area contributed by atoms with E-state index in [4.69, 9.17) is 9.47 Å². The van der Waals surface area contributed by atoms with E-state index in [-0.39, 0.29) is 11.6 Å². The van der Waals surface area contributed by atoms with Crippen molar-refractivity contribution in [1.82, 2.24) is 14.8 Å². The Labute approximate surface area is 206 Å². The molecule has 6 rings (SSSR count). The number of benzene rings is 3. The van der Waals surface area contributed by atoms with Gasteiger partial charge in [-0.15, -0.1) is 0 Å². The Morgan fingerprint density at radius 2 is 1.77 bits per heavy atom. The molecule has 0 N–H and O–H groups in total. The van der Waals surface area contributed by atoms with Gasteiger partial charge in [-0.2, -0.15) is 10.1 Å². The summed E-state index contributed by atoms with van der Waals surface area (Å²) >= 11 is 3.47. The van der Waals surface area contributed by atoms with Gasteiger partial charge in [0.2, 0.25) is 0 Å². The zero-order valence-corrected chi connectivity index (χ0v) is 20.0. The van der Waals surface area contributed by atoms with Crippen LogP contribution in [0.3, 0.4) is 0 Å². The van der Waals surface area contributed by atoms with Gasteiger partial charge in [-0.05, 0) is 48.5 Å². The number of ether oxygens (including phenoxy) is 2. The Bertz CT molecular complexity index is 1600. The summed E-state index contributed by atoms with van der Waals surface area (Å²) in [5, 5.41) is 4.65. The summed E-state index contributed by atoms with van der Waals surface area (Å²) in [5.41, 5.74) is 2.05. The van der Waals surface area contributed by atoms with Crippen LogP contribution in [-0.4, -0.2) is 34.9 Å². The number of nitrogens with zero attached hydrogens (tertiary/aromatic N) is 4. The first-order valence-corrected chi connectivity index (χ1v) is 11.4. The number of halogens is 2. The lowest BCUT2D eigenvalue weighted by molar-refractivity contribution is 0.0983. The molecule has 0 bridgehead atoms. The van der Waals surface area contributed by atoms with Crippen LogP contribution < -0.4 is 19.9 Å². The fourth-order valence-corrected chi connectivity index (χ4v) is 5.03. The Hall–Kier alpha value is -4.05. The predicted molar refractivity (Wildman–Crippen MR) is 129 cm³/mol. The third-order valence-electron chi connectivity index (χ3n) is 6.18. The first-order valence-electron chi connectivity index (χ1n) is 10.6. The third kappa shape index (κ3) is 3.02. The average molecular weight is 535 g/mol. The number of hydrogen-bond acceptors (Lipinski definition) is 6. The first kappa shape index (κ1) is 21.5. The van der Waals surface area contributed by atoms with Gasteiger partial charge in [0.05, 0.1) is 25.5 Å². The number of carbonyl (C=O) groups is 1. The minimum atomic E-state index is -0.715. The van der Waals surface area contributed by atoms with Gasteiger partial charge < -0.3 is 9.47 Å². The van der Waals surface area contributed by atoms with Crippen molar-refractivity contribution in [2.75, 3.05) is 19.1 Å². The van der Waals surface area contributed by atoms with Crippen molar-refractivity contribution in [3.8, 4) is 34.1 Å². The second-order valence-corrected chi connectivity index (χ2v) is 8.93. The maximum absolute atomic E-state index is 13.8. The van der Waals surface area contributed by atoms with Gasteiger partial charge in [0.1, 0.15) is 5.82 Å². The molecule has 0 aliphatic carbocycles. The van der Waals surface area contributed by atoms with Crippen LogP contribution in [0.15, 0.2) is 63.9 Å². The molecule has 0 fully saturated rings. The van der Waals surface area contributed by atoms with Crippen LogP contribution in [0.5, 0.6) is 11.5 Å². The molecule has 0 saturated carbocycles. The summed E-state index contributed by atoms with van der Waals surface area (Å²) in [5.74, 6) is 0.333. The molecule has 35 heavy (non-hydrogen) atoms. The van der Waals surface area contributed by atoms with E-state index in [1.165, 1.54) is 38.5 Å². The number of amides is 1. The summed E-state index contributed by atoms with van der Waals surface area (Å²) < 4.78 is 26.8. The molecule has 2 aliphatic rings. The normalized spacial score (nSPS) is 15.3. The lowest BCUT2D eigenvalue weighted by Gasteiger charge is -2.34. The highest BCUT2D eigenvalue weighted by Crippen LogP contribution is 2.50. The molecule has 1 aromatic heterocycles. The van der Waals surface area contributed by atoms with Crippen molar-refractivity contribution in [1.29, 1.82) is 0 Å². The molecule has 4 aromatic rings. The minimum Gasteiger partial charge on any atom is -0.493 e. The zero-order chi connectivity index (χ0) is 24.4. The molecule has 3 aromatic carbocycles. The van der Waals surface area contributed by atoms with Crippen LogP contribution in [0.25, 0.3) is 22.6 Å². The second-order valence-electron chi connectivity index (χ2n) is 8.02. The lowest BCUT2D eigenvalue weighted by atomic mass is 10.0. The van der Waals surface area contributed by atoms with Gasteiger partial charge in [-0.1, -0.05) is 22.0 Å². The summed E-state index contributed by atoms with van der Waals surface area (Å²) in [6, 6.07) is 14.4. The van der Waals surface area contributed by atoms with Gasteiger partial charge in [0.15, 0.2) is 29.2 Å². The molecule has 0 radical (unpaired) electrons. The Kier molecular flexibility index (Phi) is 4.75. The zero-order valence-electron chi connectivity index (χ0n) is 18.5. The number of carbonyl (C=O) groups excluding carboxylic acids is 1. The van der Waals surface area contributed by atoms with Crippen LogP contribution in [0.1, 0.15) is 22.1 Å². The quantitative estimate of drug-likeness (QED) is 0.387. The molecule has 8 nitrogen and oxygen atoms in total. The standard InChI is InChI=1S/C25H16BrFN4O4/c1-34-18-10-8-15-19(21(18)35-2)25(33)30-17-9-5-13(26)11-16(17)22-28-23(32)20(29-31(22)24(15)30)12-3-6-14(27)7-4-12/h3-11,24H,1-2H3/t24-/m1/s1. The van der Waals surface area contributed by atoms with Crippen LogP contribution in [-0.2, 0) is 0 Å². The largest absolute Gasteiger partial charge is 0.493 e. The van der Waals surface area contributed by atoms with Crippen molar-refractivity contribution < 1.29 is 18.7 Å². The molecule has 3 heterocycles. The maximum Gasteiger partial charge on any atom is 0.300 e. The number of hydrogen-bond donors (Lipinski definition) is 0. The molecule has 174 valence electrons. The molecular formula is C25H16BrFN4O4. The SMILES string of the molecule is COc1ccc2c(c1OC)C(=O)N1c3ccc(Br)cc3-c3nc(=O)c(-c4ccc(F)cc4)nn3[C@H]21. The minimum absolute atomic E-state index is 0.0496. The number of anilines is 1. The highest BCUT2D eigenvalue weighted by Gasteiger charge is 2.47. The Morgan fingerprint density at radius 1 is 1.00 bits per heavy atom. The topological polar surface area (TPSA) is 86.6 Å². The molecule has 10 heteroatoms. The second kappa shape index (κ2) is 7.74. The van der Waals surface area contributed by atoms with Crippen molar-refractivity contribution in [3.05, 3.63) is 86.4 Å². The van der Waals surface area contributed by atoms with E-state index in [2.05, 4.69) is 26.0 Å². The van der Waals surface area contributed by atoms with Gasteiger partial charge in [-0.25, -0.2) is 9.07 Å². The fourth-order valence-electron chi connectivity index (χ4n) is 4.67. The van der Waals surface area contributed by atoms with E-state index in [9.17, 15) is 14.0 Å². The van der Waals surface area contributed by atoms with E-state index in [1.807, 2.05) is 6.07 Å². The molecular weight excluding hydrogens is 519 g/mol. The van der Waals surface area contributed by atoms with Gasteiger partial charge in [-0.3, -0.25) is 14.5 Å². The summed E-state index contributed by atoms with van der Waals surface area (Å²) in [4.78, 5) is 32.8. The molecule has 2 aliphatic heterocycles. The van der Waals surface area contributed by atoms with Crippen molar-refractivity contribution in [2.24, 2.45) is 0 Å². The highest BCUT2D eigenvalue weighted by atomic mass is 79.9. The molecule has 1 amide bonds.